The lowest BCUT2D eigenvalue weighted by Crippen LogP contribution is -1.97. The maximum Gasteiger partial charge on any atom is 0.161 e. The maximum absolute atomic E-state index is 13.2. The van der Waals surface area contributed by atoms with Crippen LogP contribution in [0.4, 0.5) is 4.39 Å². The number of benzene rings is 1. The van der Waals surface area contributed by atoms with Crippen LogP contribution in [0, 0.1) is 12.7 Å². The van der Waals surface area contributed by atoms with E-state index in [0.29, 0.717) is 16.5 Å². The lowest BCUT2D eigenvalue weighted by Gasteiger charge is -2.06. The Bertz CT molecular complexity index is 555. The van der Waals surface area contributed by atoms with Crippen molar-refractivity contribution in [2.45, 2.75) is 20.3 Å². The Labute approximate surface area is 104 Å². The van der Waals surface area contributed by atoms with Crippen molar-refractivity contribution in [3.05, 3.63) is 46.5 Å². The smallest absolute Gasteiger partial charge is 0.161 e. The third kappa shape index (κ3) is 2.61. The zero-order valence-corrected chi connectivity index (χ0v) is 10.4. The van der Waals surface area contributed by atoms with Crippen LogP contribution >= 0.6 is 11.6 Å². The fraction of sp³-hybridized carbons (Fsp3) is 0.231. The average Bonchev–Trinajstić information content (AvgIpc) is 2.31. The Morgan fingerprint density at radius 3 is 2.71 bits per heavy atom. The molecule has 4 heteroatoms. The minimum atomic E-state index is -0.299. The van der Waals surface area contributed by atoms with Gasteiger partial charge in [0.05, 0.1) is 0 Å². The third-order valence-electron chi connectivity index (χ3n) is 2.55. The predicted molar refractivity (Wildman–Crippen MR) is 66.6 cm³/mol. The predicted octanol–water partition coefficient (Wildman–Crippen LogP) is 3.81. The summed E-state index contributed by atoms with van der Waals surface area (Å²) in [6.45, 7) is 3.88. The lowest BCUT2D eigenvalue weighted by atomic mass is 10.1. The number of hydrogen-bond donors (Lipinski definition) is 0. The van der Waals surface area contributed by atoms with Crippen LogP contribution in [0.25, 0.3) is 11.4 Å². The first-order valence-corrected chi connectivity index (χ1v) is 5.78. The van der Waals surface area contributed by atoms with Gasteiger partial charge in [-0.1, -0.05) is 24.6 Å². The first-order chi connectivity index (χ1) is 8.10. The molecule has 0 saturated carbocycles. The topological polar surface area (TPSA) is 25.8 Å². The highest BCUT2D eigenvalue weighted by molar-refractivity contribution is 6.29. The second kappa shape index (κ2) is 4.80. The monoisotopic (exact) mass is 250 g/mol. The summed E-state index contributed by atoms with van der Waals surface area (Å²) in [5.74, 6) is 0.179. The van der Waals surface area contributed by atoms with Crippen molar-refractivity contribution in [3.8, 4) is 11.4 Å². The molecular formula is C13H12ClFN2. The number of hydrogen-bond acceptors (Lipinski definition) is 2. The van der Waals surface area contributed by atoms with E-state index in [1.54, 1.807) is 12.1 Å². The normalized spacial score (nSPS) is 10.6. The van der Waals surface area contributed by atoms with Gasteiger partial charge in [0.15, 0.2) is 5.82 Å². The molecule has 88 valence electrons. The first kappa shape index (κ1) is 12.0. The maximum atomic E-state index is 13.2. The van der Waals surface area contributed by atoms with E-state index in [9.17, 15) is 4.39 Å². The van der Waals surface area contributed by atoms with E-state index in [0.717, 1.165) is 17.7 Å². The molecule has 2 rings (SSSR count). The fourth-order valence-corrected chi connectivity index (χ4v) is 1.81. The van der Waals surface area contributed by atoms with Gasteiger partial charge in [-0.25, -0.2) is 14.4 Å². The summed E-state index contributed by atoms with van der Waals surface area (Å²) in [6.07, 6.45) is 0.767. The van der Waals surface area contributed by atoms with Crippen LogP contribution < -0.4 is 0 Å². The summed E-state index contributed by atoms with van der Waals surface area (Å²) in [4.78, 5) is 8.50. The summed E-state index contributed by atoms with van der Waals surface area (Å²) in [5, 5.41) is 0.385. The third-order valence-corrected chi connectivity index (χ3v) is 2.74. The van der Waals surface area contributed by atoms with Crippen molar-refractivity contribution in [2.75, 3.05) is 0 Å². The van der Waals surface area contributed by atoms with Crippen LogP contribution in [0.1, 0.15) is 18.2 Å². The van der Waals surface area contributed by atoms with E-state index < -0.39 is 0 Å². The van der Waals surface area contributed by atoms with Crippen LogP contribution in [-0.4, -0.2) is 9.97 Å². The van der Waals surface area contributed by atoms with Crippen LogP contribution in [0.15, 0.2) is 24.3 Å². The van der Waals surface area contributed by atoms with Gasteiger partial charge in [0.2, 0.25) is 0 Å². The van der Waals surface area contributed by atoms with Crippen molar-refractivity contribution in [1.82, 2.24) is 9.97 Å². The Morgan fingerprint density at radius 2 is 2.00 bits per heavy atom. The number of aryl methyl sites for hydroxylation is 2. The van der Waals surface area contributed by atoms with E-state index in [1.165, 1.54) is 12.1 Å². The van der Waals surface area contributed by atoms with Gasteiger partial charge in [0.25, 0.3) is 0 Å². The average molecular weight is 251 g/mol. The van der Waals surface area contributed by atoms with E-state index in [4.69, 9.17) is 11.6 Å². The Morgan fingerprint density at radius 1 is 1.24 bits per heavy atom. The molecule has 0 unspecified atom stereocenters. The van der Waals surface area contributed by atoms with Crippen molar-refractivity contribution >= 4 is 11.6 Å². The first-order valence-electron chi connectivity index (χ1n) is 5.40. The lowest BCUT2D eigenvalue weighted by molar-refractivity contribution is 0.627. The molecule has 0 aliphatic rings. The molecule has 0 N–H and O–H groups in total. The van der Waals surface area contributed by atoms with Crippen LogP contribution in [-0.2, 0) is 6.42 Å². The highest BCUT2D eigenvalue weighted by Crippen LogP contribution is 2.22. The molecule has 2 aromatic rings. The van der Waals surface area contributed by atoms with Gasteiger partial charge in [0.1, 0.15) is 11.0 Å². The minimum Gasteiger partial charge on any atom is -0.233 e. The number of aromatic nitrogens is 2. The summed E-state index contributed by atoms with van der Waals surface area (Å²) in [5.41, 5.74) is 2.46. The van der Waals surface area contributed by atoms with Crippen molar-refractivity contribution < 1.29 is 4.39 Å². The molecule has 0 saturated heterocycles. The second-order valence-electron chi connectivity index (χ2n) is 3.82. The molecule has 0 bridgehead atoms. The second-order valence-corrected chi connectivity index (χ2v) is 4.21. The van der Waals surface area contributed by atoms with Gasteiger partial charge >= 0.3 is 0 Å². The molecule has 17 heavy (non-hydrogen) atoms. The number of halogens is 2. The van der Waals surface area contributed by atoms with Gasteiger partial charge < -0.3 is 0 Å². The minimum absolute atomic E-state index is 0.299. The Balaban J connectivity index is 2.59. The van der Waals surface area contributed by atoms with Crippen molar-refractivity contribution in [1.29, 1.82) is 0 Å². The van der Waals surface area contributed by atoms with Crippen LogP contribution in [0.2, 0.25) is 5.15 Å². The van der Waals surface area contributed by atoms with E-state index in [1.807, 2.05) is 13.8 Å². The Kier molecular flexibility index (Phi) is 3.38. The number of nitrogens with zero attached hydrogens (tertiary/aromatic N) is 2. The van der Waals surface area contributed by atoms with Gasteiger partial charge in [-0.3, -0.25) is 0 Å². The Hall–Kier alpha value is -1.48. The summed E-state index contributed by atoms with van der Waals surface area (Å²) in [7, 11) is 0. The molecular weight excluding hydrogens is 239 g/mol. The zero-order chi connectivity index (χ0) is 12.4. The van der Waals surface area contributed by atoms with Crippen LogP contribution in [0.3, 0.4) is 0 Å². The summed E-state index contributed by atoms with van der Waals surface area (Å²) in [6, 6.07) is 6.28. The molecule has 1 aromatic heterocycles. The molecule has 0 aliphatic carbocycles. The molecule has 0 atom stereocenters. The van der Waals surface area contributed by atoms with Gasteiger partial charge in [-0.2, -0.15) is 0 Å². The van der Waals surface area contributed by atoms with Gasteiger partial charge in [-0.05, 0) is 37.1 Å². The molecule has 0 amide bonds. The highest BCUT2D eigenvalue weighted by Gasteiger charge is 2.09. The molecule has 0 spiro atoms. The van der Waals surface area contributed by atoms with Crippen LogP contribution in [0.5, 0.6) is 0 Å². The highest BCUT2D eigenvalue weighted by atomic mass is 35.5. The fourth-order valence-electron chi connectivity index (χ4n) is 1.60. The van der Waals surface area contributed by atoms with E-state index >= 15 is 0 Å². The standard InChI is InChI=1S/C13H12ClFN2/c1-3-10-7-12(14)17-13(16-10)11-6-9(15)5-4-8(11)2/h4-7H,3H2,1-2H3. The molecule has 0 fully saturated rings. The number of rotatable bonds is 2. The van der Waals surface area contributed by atoms with Gasteiger partial charge in [0, 0.05) is 11.3 Å². The summed E-state index contributed by atoms with van der Waals surface area (Å²) < 4.78 is 13.2. The van der Waals surface area contributed by atoms with E-state index in [2.05, 4.69) is 9.97 Å². The SMILES string of the molecule is CCc1cc(Cl)nc(-c2cc(F)ccc2C)n1. The van der Waals surface area contributed by atoms with E-state index in [-0.39, 0.29) is 5.82 Å². The largest absolute Gasteiger partial charge is 0.233 e. The molecule has 0 radical (unpaired) electrons. The van der Waals surface area contributed by atoms with Crippen molar-refractivity contribution in [2.24, 2.45) is 0 Å². The zero-order valence-electron chi connectivity index (χ0n) is 9.67. The molecule has 0 aliphatic heterocycles. The molecule has 1 heterocycles. The van der Waals surface area contributed by atoms with Gasteiger partial charge in [-0.15, -0.1) is 0 Å². The molecule has 1 aromatic carbocycles. The quantitative estimate of drug-likeness (QED) is 0.758. The molecule has 2 nitrogen and oxygen atoms in total. The summed E-state index contributed by atoms with van der Waals surface area (Å²) >= 11 is 5.93. The van der Waals surface area contributed by atoms with Crippen molar-refractivity contribution in [3.63, 3.8) is 0 Å².